The minimum Gasteiger partial charge on any atom is -0.312 e. The molecule has 2 aromatic rings. The van der Waals surface area contributed by atoms with Gasteiger partial charge in [0.2, 0.25) is 15.9 Å². The van der Waals surface area contributed by atoms with Crippen LogP contribution in [0.25, 0.3) is 0 Å². The summed E-state index contributed by atoms with van der Waals surface area (Å²) in [6.45, 7) is 0.873. The number of hydrogen-bond acceptors (Lipinski definition) is 5. The first-order valence-electron chi connectivity index (χ1n) is 10.4. The molecular formula is C21H25N3O3S2. The summed E-state index contributed by atoms with van der Waals surface area (Å²) in [6, 6.07) is 3.47. The Morgan fingerprint density at radius 2 is 1.86 bits per heavy atom. The van der Waals surface area contributed by atoms with E-state index >= 15 is 0 Å². The summed E-state index contributed by atoms with van der Waals surface area (Å²) in [7, 11) is -3.62. The highest BCUT2D eigenvalue weighted by Crippen LogP contribution is 2.38. The summed E-state index contributed by atoms with van der Waals surface area (Å²) >= 11 is 1.53. The summed E-state index contributed by atoms with van der Waals surface area (Å²) in [5.41, 5.74) is 3.99. The van der Waals surface area contributed by atoms with E-state index in [-0.39, 0.29) is 12.5 Å². The zero-order chi connectivity index (χ0) is 20.0. The van der Waals surface area contributed by atoms with Crippen LogP contribution in [0, 0.1) is 0 Å². The molecular weight excluding hydrogens is 406 g/mol. The Bertz CT molecular complexity index is 1060. The molecule has 1 aliphatic carbocycles. The Hall–Kier alpha value is -1.77. The molecule has 29 heavy (non-hydrogen) atoms. The molecule has 1 fully saturated rings. The van der Waals surface area contributed by atoms with Gasteiger partial charge in [-0.3, -0.25) is 4.79 Å². The maximum Gasteiger partial charge on any atom is 0.240 e. The lowest BCUT2D eigenvalue weighted by molar-refractivity contribution is -0.118. The van der Waals surface area contributed by atoms with Crippen molar-refractivity contribution < 1.29 is 13.2 Å². The molecule has 0 spiro atoms. The van der Waals surface area contributed by atoms with Gasteiger partial charge in [-0.1, -0.05) is 19.3 Å². The van der Waals surface area contributed by atoms with Gasteiger partial charge in [0.15, 0.2) is 0 Å². The minimum atomic E-state index is -3.62. The average Bonchev–Trinajstić information content (AvgIpc) is 3.38. The summed E-state index contributed by atoms with van der Waals surface area (Å²) < 4.78 is 28.6. The molecule has 1 N–H and O–H groups in total. The normalized spacial score (nSPS) is 19.6. The number of aromatic nitrogens is 1. The topological polar surface area (TPSA) is 79.4 Å². The largest absolute Gasteiger partial charge is 0.312 e. The molecule has 5 rings (SSSR count). The maximum absolute atomic E-state index is 12.9. The number of benzene rings is 1. The fourth-order valence-corrected chi connectivity index (χ4v) is 6.81. The van der Waals surface area contributed by atoms with Crippen molar-refractivity contribution in [3.8, 4) is 0 Å². The van der Waals surface area contributed by atoms with Crippen LogP contribution in [0.4, 0.5) is 5.69 Å². The number of amides is 1. The van der Waals surface area contributed by atoms with Crippen LogP contribution in [0.3, 0.4) is 0 Å². The molecule has 1 aromatic heterocycles. The van der Waals surface area contributed by atoms with E-state index in [1.165, 1.54) is 43.4 Å². The second kappa shape index (κ2) is 7.49. The van der Waals surface area contributed by atoms with Gasteiger partial charge in [-0.15, -0.1) is 11.3 Å². The standard InChI is InChI=1S/C21H25N3O3S2/c25-20-7-6-15-10-17(11-16-8-9-24(20)21(15)16)29(26,27)22-12-19-23-18(13-28-19)14-4-2-1-3-5-14/h10-11,13-14,22H,1-9,12H2. The fraction of sp³-hybridized carbons (Fsp3) is 0.524. The molecule has 0 radical (unpaired) electrons. The van der Waals surface area contributed by atoms with Crippen LogP contribution in [-0.4, -0.2) is 25.9 Å². The predicted molar refractivity (Wildman–Crippen MR) is 113 cm³/mol. The Morgan fingerprint density at radius 3 is 2.66 bits per heavy atom. The van der Waals surface area contributed by atoms with Crippen molar-refractivity contribution in [2.24, 2.45) is 0 Å². The van der Waals surface area contributed by atoms with Crippen molar-refractivity contribution in [1.29, 1.82) is 0 Å². The van der Waals surface area contributed by atoms with Crippen molar-refractivity contribution in [2.45, 2.75) is 68.7 Å². The SMILES string of the molecule is O=C1CCc2cc(S(=O)(=O)NCc3nc(C4CCCCC4)cs3)cc3c2N1CC3. The van der Waals surface area contributed by atoms with Crippen LogP contribution < -0.4 is 9.62 Å². The van der Waals surface area contributed by atoms with Gasteiger partial charge in [-0.25, -0.2) is 18.1 Å². The first kappa shape index (κ1) is 19.2. The second-order valence-corrected chi connectivity index (χ2v) is 10.9. The number of hydrogen-bond donors (Lipinski definition) is 1. The van der Waals surface area contributed by atoms with Crippen molar-refractivity contribution in [2.75, 3.05) is 11.4 Å². The molecule has 0 atom stereocenters. The first-order valence-corrected chi connectivity index (χ1v) is 12.8. The molecule has 0 bridgehead atoms. The van der Waals surface area contributed by atoms with Crippen LogP contribution in [0.15, 0.2) is 22.4 Å². The number of anilines is 1. The Labute approximate surface area is 175 Å². The Balaban J connectivity index is 1.32. The van der Waals surface area contributed by atoms with E-state index in [0.29, 0.717) is 36.6 Å². The van der Waals surface area contributed by atoms with Gasteiger partial charge >= 0.3 is 0 Å². The molecule has 154 valence electrons. The lowest BCUT2D eigenvalue weighted by Crippen LogP contribution is -2.33. The zero-order valence-corrected chi connectivity index (χ0v) is 17.9. The number of rotatable bonds is 5. The third-order valence-electron chi connectivity index (χ3n) is 6.34. The predicted octanol–water partition coefficient (Wildman–Crippen LogP) is 3.50. The maximum atomic E-state index is 12.9. The molecule has 8 heteroatoms. The van der Waals surface area contributed by atoms with Gasteiger partial charge < -0.3 is 4.90 Å². The molecule has 1 saturated carbocycles. The number of nitrogens with zero attached hydrogens (tertiary/aromatic N) is 2. The Morgan fingerprint density at radius 1 is 1.10 bits per heavy atom. The van der Waals surface area contributed by atoms with Crippen LogP contribution in [0.5, 0.6) is 0 Å². The van der Waals surface area contributed by atoms with Gasteiger partial charge in [-0.2, -0.15) is 0 Å². The number of thiazole rings is 1. The highest BCUT2D eigenvalue weighted by atomic mass is 32.2. The summed E-state index contributed by atoms with van der Waals surface area (Å²) in [4.78, 5) is 18.9. The minimum absolute atomic E-state index is 0.141. The third-order valence-corrected chi connectivity index (χ3v) is 8.59. The highest BCUT2D eigenvalue weighted by molar-refractivity contribution is 7.89. The van der Waals surface area contributed by atoms with E-state index in [2.05, 4.69) is 10.1 Å². The second-order valence-electron chi connectivity index (χ2n) is 8.21. The van der Waals surface area contributed by atoms with Gasteiger partial charge in [-0.05, 0) is 48.9 Å². The summed E-state index contributed by atoms with van der Waals surface area (Å²) in [6.07, 6.45) is 7.97. The lowest BCUT2D eigenvalue weighted by atomic mass is 9.87. The number of nitrogens with one attached hydrogen (secondary N) is 1. The number of sulfonamides is 1. The van der Waals surface area contributed by atoms with Crippen LogP contribution in [0.2, 0.25) is 0 Å². The van der Waals surface area contributed by atoms with Crippen LogP contribution in [-0.2, 0) is 34.2 Å². The van der Waals surface area contributed by atoms with Crippen molar-refractivity contribution in [3.05, 3.63) is 39.3 Å². The lowest BCUT2D eigenvalue weighted by Gasteiger charge is -2.25. The molecule has 6 nitrogen and oxygen atoms in total. The third kappa shape index (κ3) is 3.62. The summed E-state index contributed by atoms with van der Waals surface area (Å²) in [5, 5.41) is 2.90. The van der Waals surface area contributed by atoms with Gasteiger partial charge in [0, 0.05) is 24.3 Å². The molecule has 2 aliphatic heterocycles. The number of aryl methyl sites for hydroxylation is 1. The molecule has 3 aliphatic rings. The molecule has 1 aromatic carbocycles. The first-order chi connectivity index (χ1) is 14.0. The van der Waals surface area contributed by atoms with Crippen molar-refractivity contribution >= 4 is 33.0 Å². The average molecular weight is 432 g/mol. The number of carbonyl (C=O) groups is 1. The van der Waals surface area contributed by atoms with Crippen molar-refractivity contribution in [3.63, 3.8) is 0 Å². The smallest absolute Gasteiger partial charge is 0.240 e. The van der Waals surface area contributed by atoms with E-state index in [9.17, 15) is 13.2 Å². The van der Waals surface area contributed by atoms with E-state index in [0.717, 1.165) is 27.5 Å². The van der Waals surface area contributed by atoms with Crippen LogP contribution in [0.1, 0.15) is 66.3 Å². The van der Waals surface area contributed by atoms with E-state index in [1.54, 1.807) is 17.0 Å². The fourth-order valence-electron chi connectivity index (χ4n) is 4.81. The Kier molecular flexibility index (Phi) is 4.96. The van der Waals surface area contributed by atoms with Crippen LogP contribution >= 0.6 is 11.3 Å². The molecule has 0 unspecified atom stereocenters. The van der Waals surface area contributed by atoms with E-state index in [1.807, 2.05) is 0 Å². The van der Waals surface area contributed by atoms with Crippen molar-refractivity contribution in [1.82, 2.24) is 9.71 Å². The summed E-state index contributed by atoms with van der Waals surface area (Å²) in [5.74, 6) is 0.670. The van der Waals surface area contributed by atoms with E-state index in [4.69, 9.17) is 4.98 Å². The zero-order valence-electron chi connectivity index (χ0n) is 16.3. The van der Waals surface area contributed by atoms with Gasteiger partial charge in [0.05, 0.1) is 22.8 Å². The highest BCUT2D eigenvalue weighted by Gasteiger charge is 2.33. The number of carbonyl (C=O) groups excluding carboxylic acids is 1. The molecule has 0 saturated heterocycles. The van der Waals surface area contributed by atoms with E-state index < -0.39 is 10.0 Å². The molecule has 3 heterocycles. The quantitative estimate of drug-likeness (QED) is 0.786. The van der Waals surface area contributed by atoms with Gasteiger partial charge in [0.1, 0.15) is 5.01 Å². The molecule has 1 amide bonds. The van der Waals surface area contributed by atoms with Gasteiger partial charge in [0.25, 0.3) is 0 Å². The monoisotopic (exact) mass is 431 g/mol.